The lowest BCUT2D eigenvalue weighted by Crippen LogP contribution is -2.39. The van der Waals surface area contributed by atoms with Crippen LogP contribution in [0.1, 0.15) is 18.7 Å². The lowest BCUT2D eigenvalue weighted by atomic mass is 9.98. The molecule has 0 aliphatic carbocycles. The monoisotopic (exact) mass is 400 g/mol. The van der Waals surface area contributed by atoms with Gasteiger partial charge in [-0.2, -0.15) is 5.10 Å². The number of rotatable bonds is 3. The van der Waals surface area contributed by atoms with E-state index in [2.05, 4.69) is 52.8 Å². The van der Waals surface area contributed by atoms with Crippen LogP contribution in [0.5, 0.6) is 0 Å². The molecule has 0 fully saturated rings. The maximum absolute atomic E-state index is 12.3. The van der Waals surface area contributed by atoms with Crippen molar-refractivity contribution in [2.75, 3.05) is 6.54 Å². The zero-order chi connectivity index (χ0) is 20.0. The molecule has 1 aromatic carbocycles. The topological polar surface area (TPSA) is 51.0 Å². The molecule has 1 aliphatic rings. The van der Waals surface area contributed by atoms with E-state index in [0.717, 1.165) is 28.1 Å². The van der Waals surface area contributed by atoms with E-state index < -0.39 is 0 Å². The Hall–Kier alpha value is -3.25. The third-order valence-corrected chi connectivity index (χ3v) is 6.33. The van der Waals surface area contributed by atoms with Crippen molar-refractivity contribution >= 4 is 27.3 Å². The van der Waals surface area contributed by atoms with E-state index in [1.165, 1.54) is 16.2 Å². The van der Waals surface area contributed by atoms with Gasteiger partial charge in [-0.15, -0.1) is 11.3 Å². The van der Waals surface area contributed by atoms with Gasteiger partial charge >= 0.3 is 0 Å². The molecule has 1 unspecified atom stereocenters. The van der Waals surface area contributed by atoms with Gasteiger partial charge in [-0.05, 0) is 59.7 Å². The summed E-state index contributed by atoms with van der Waals surface area (Å²) in [7, 11) is 0. The Morgan fingerprint density at radius 3 is 2.83 bits per heavy atom. The fraction of sp³-hybridized carbons (Fsp3) is 0.174. The summed E-state index contributed by atoms with van der Waals surface area (Å²) in [5.41, 5.74) is 5.19. The minimum absolute atomic E-state index is 0.0498. The van der Waals surface area contributed by atoms with Crippen LogP contribution < -0.4 is 0 Å². The number of pyridine rings is 1. The van der Waals surface area contributed by atoms with Gasteiger partial charge in [0.2, 0.25) is 5.91 Å². The van der Waals surface area contributed by atoms with Gasteiger partial charge in [0.1, 0.15) is 5.69 Å². The smallest absolute Gasteiger partial charge is 0.246 e. The summed E-state index contributed by atoms with van der Waals surface area (Å²) in [6.45, 7) is 6.89. The second kappa shape index (κ2) is 6.97. The van der Waals surface area contributed by atoms with Gasteiger partial charge in [0.05, 0.1) is 18.3 Å². The van der Waals surface area contributed by atoms with Gasteiger partial charge in [-0.25, -0.2) is 0 Å². The van der Waals surface area contributed by atoms with Gasteiger partial charge in [0.25, 0.3) is 0 Å². The molecule has 5 rings (SSSR count). The molecular weight excluding hydrogens is 380 g/mol. The van der Waals surface area contributed by atoms with Crippen LogP contribution in [0.2, 0.25) is 0 Å². The van der Waals surface area contributed by atoms with Crippen molar-refractivity contribution < 1.29 is 4.79 Å². The summed E-state index contributed by atoms with van der Waals surface area (Å²) in [6.07, 6.45) is 4.98. The van der Waals surface area contributed by atoms with Crippen molar-refractivity contribution in [2.45, 2.75) is 19.5 Å². The van der Waals surface area contributed by atoms with Crippen LogP contribution in [-0.2, 0) is 11.3 Å². The van der Waals surface area contributed by atoms with Crippen molar-refractivity contribution in [3.63, 3.8) is 0 Å². The zero-order valence-electron chi connectivity index (χ0n) is 16.1. The number of aromatic nitrogens is 3. The summed E-state index contributed by atoms with van der Waals surface area (Å²) in [6, 6.07) is 12.7. The van der Waals surface area contributed by atoms with Crippen LogP contribution >= 0.6 is 11.3 Å². The average Bonchev–Trinajstić information content (AvgIpc) is 3.37. The normalized spacial score (nSPS) is 16.0. The quantitative estimate of drug-likeness (QED) is 0.459. The molecule has 4 heterocycles. The summed E-state index contributed by atoms with van der Waals surface area (Å²) in [4.78, 5) is 18.3. The Labute approximate surface area is 172 Å². The first-order chi connectivity index (χ1) is 14.2. The van der Waals surface area contributed by atoms with Crippen molar-refractivity contribution in [3.05, 3.63) is 72.5 Å². The number of amides is 1. The molecular formula is C23H20N4OS. The Morgan fingerprint density at radius 1 is 1.21 bits per heavy atom. The first-order valence-corrected chi connectivity index (χ1v) is 10.4. The third-order valence-electron chi connectivity index (χ3n) is 5.43. The molecule has 3 aromatic heterocycles. The fourth-order valence-electron chi connectivity index (χ4n) is 4.06. The highest BCUT2D eigenvalue weighted by Gasteiger charge is 2.30. The molecule has 1 amide bonds. The average molecular weight is 401 g/mol. The molecule has 1 atom stereocenters. The summed E-state index contributed by atoms with van der Waals surface area (Å²) in [5, 5.41) is 8.35. The predicted molar refractivity (Wildman–Crippen MR) is 117 cm³/mol. The number of fused-ring (bicyclic) bond motifs is 2. The Kier molecular flexibility index (Phi) is 4.28. The lowest BCUT2D eigenvalue weighted by Gasteiger charge is -2.32. The zero-order valence-corrected chi connectivity index (χ0v) is 16.9. The van der Waals surface area contributed by atoms with E-state index in [0.29, 0.717) is 13.1 Å². The van der Waals surface area contributed by atoms with Crippen molar-refractivity contribution in [1.82, 2.24) is 19.7 Å². The number of hydrogen-bond donors (Lipinski definition) is 0. The molecule has 0 saturated carbocycles. The Morgan fingerprint density at radius 2 is 2.03 bits per heavy atom. The van der Waals surface area contributed by atoms with Gasteiger partial charge < -0.3 is 4.90 Å². The molecule has 0 spiro atoms. The van der Waals surface area contributed by atoms with E-state index in [4.69, 9.17) is 5.10 Å². The van der Waals surface area contributed by atoms with Gasteiger partial charge in [0, 0.05) is 34.8 Å². The number of carbonyl (C=O) groups excluding carboxylic acids is 1. The van der Waals surface area contributed by atoms with Crippen LogP contribution in [0.25, 0.3) is 32.5 Å². The highest BCUT2D eigenvalue weighted by Crippen LogP contribution is 2.39. The van der Waals surface area contributed by atoms with Gasteiger partial charge in [-0.1, -0.05) is 12.6 Å². The second-order valence-electron chi connectivity index (χ2n) is 7.30. The molecule has 0 bridgehead atoms. The Balaban J connectivity index is 1.73. The first-order valence-electron chi connectivity index (χ1n) is 9.56. The van der Waals surface area contributed by atoms with E-state index in [1.807, 2.05) is 17.0 Å². The van der Waals surface area contributed by atoms with E-state index in [1.54, 1.807) is 23.7 Å². The molecule has 0 radical (unpaired) electrons. The lowest BCUT2D eigenvalue weighted by molar-refractivity contribution is -0.127. The van der Waals surface area contributed by atoms with Gasteiger partial charge in [0.15, 0.2) is 0 Å². The molecule has 5 nitrogen and oxygen atoms in total. The molecule has 6 heteroatoms. The summed E-state index contributed by atoms with van der Waals surface area (Å²) in [5.74, 6) is -0.0498. The second-order valence-corrected chi connectivity index (χ2v) is 8.24. The fourth-order valence-corrected chi connectivity index (χ4v) is 4.83. The van der Waals surface area contributed by atoms with Crippen molar-refractivity contribution in [3.8, 4) is 22.4 Å². The SMILES string of the molecule is C=CC(=O)N1Cc2c(-c3ccncc3)c(-c3ccc4sccc4c3)nn2C(C)C1. The molecule has 0 saturated heterocycles. The van der Waals surface area contributed by atoms with Crippen molar-refractivity contribution in [2.24, 2.45) is 0 Å². The van der Waals surface area contributed by atoms with Crippen LogP contribution in [0, 0.1) is 0 Å². The molecule has 4 aromatic rings. The first kappa shape index (κ1) is 17.8. The van der Waals surface area contributed by atoms with Crippen LogP contribution in [0.4, 0.5) is 0 Å². The van der Waals surface area contributed by atoms with E-state index in [9.17, 15) is 4.79 Å². The summed E-state index contributed by atoms with van der Waals surface area (Å²) < 4.78 is 3.34. The van der Waals surface area contributed by atoms with E-state index in [-0.39, 0.29) is 11.9 Å². The Bertz CT molecular complexity index is 1220. The molecule has 0 N–H and O–H groups in total. The van der Waals surface area contributed by atoms with Crippen LogP contribution in [0.3, 0.4) is 0 Å². The molecule has 29 heavy (non-hydrogen) atoms. The summed E-state index contributed by atoms with van der Waals surface area (Å²) >= 11 is 1.74. The minimum atomic E-state index is -0.0498. The highest BCUT2D eigenvalue weighted by atomic mass is 32.1. The maximum Gasteiger partial charge on any atom is 0.246 e. The number of nitrogens with zero attached hydrogens (tertiary/aromatic N) is 4. The number of thiophene rings is 1. The number of carbonyl (C=O) groups is 1. The maximum atomic E-state index is 12.3. The van der Waals surface area contributed by atoms with Gasteiger partial charge in [-0.3, -0.25) is 14.5 Å². The predicted octanol–water partition coefficient (Wildman–Crippen LogP) is 4.92. The highest BCUT2D eigenvalue weighted by molar-refractivity contribution is 7.17. The standard InChI is InChI=1S/C23H20N4OS/c1-3-21(28)26-13-15(2)27-19(14-26)22(16-6-9-24-10-7-16)23(25-27)18-4-5-20-17(12-18)8-11-29-20/h3-12,15H,1,13-14H2,2H3. The van der Waals surface area contributed by atoms with Crippen LogP contribution in [0.15, 0.2) is 66.8 Å². The van der Waals surface area contributed by atoms with E-state index >= 15 is 0 Å². The molecule has 144 valence electrons. The minimum Gasteiger partial charge on any atom is -0.331 e. The number of benzene rings is 1. The number of hydrogen-bond acceptors (Lipinski definition) is 4. The molecule has 1 aliphatic heterocycles. The van der Waals surface area contributed by atoms with Crippen LogP contribution in [-0.4, -0.2) is 32.1 Å². The third kappa shape index (κ3) is 2.96. The van der Waals surface area contributed by atoms with Crippen molar-refractivity contribution in [1.29, 1.82) is 0 Å². The largest absolute Gasteiger partial charge is 0.331 e.